The van der Waals surface area contributed by atoms with Crippen molar-refractivity contribution in [3.63, 3.8) is 0 Å². The van der Waals surface area contributed by atoms with E-state index in [0.717, 1.165) is 5.56 Å². The maximum Gasteiger partial charge on any atom is 0.250 e. The van der Waals surface area contributed by atoms with Gasteiger partial charge >= 0.3 is 0 Å². The van der Waals surface area contributed by atoms with E-state index < -0.39 is 10.0 Å². The molecule has 0 saturated carbocycles. The van der Waals surface area contributed by atoms with Crippen LogP contribution in [0, 0.1) is 0 Å². The van der Waals surface area contributed by atoms with Crippen molar-refractivity contribution in [2.24, 2.45) is 0 Å². The van der Waals surface area contributed by atoms with Crippen LogP contribution in [0.3, 0.4) is 0 Å². The second kappa shape index (κ2) is 5.18. The molecule has 1 N–H and O–H groups in total. The van der Waals surface area contributed by atoms with Gasteiger partial charge in [-0.3, -0.25) is 0 Å². The van der Waals surface area contributed by atoms with Gasteiger partial charge in [0.25, 0.3) is 0 Å². The molecule has 3 nitrogen and oxygen atoms in total. The predicted octanol–water partition coefficient (Wildman–Crippen LogP) is 2.88. The first-order chi connectivity index (χ1) is 8.08. The molecule has 1 aromatic carbocycles. The van der Waals surface area contributed by atoms with Crippen LogP contribution in [0.5, 0.6) is 0 Å². The molecule has 2 aromatic rings. The summed E-state index contributed by atoms with van der Waals surface area (Å²) in [6.45, 7) is 0.237. The predicted molar refractivity (Wildman–Crippen MR) is 69.8 cm³/mol. The molecule has 90 valence electrons. The van der Waals surface area contributed by atoms with Gasteiger partial charge in [0.2, 0.25) is 10.0 Å². The molecule has 0 saturated heterocycles. The van der Waals surface area contributed by atoms with Crippen molar-refractivity contribution in [3.05, 3.63) is 52.4 Å². The maximum atomic E-state index is 11.8. The van der Waals surface area contributed by atoms with E-state index in [0.29, 0.717) is 9.23 Å². The van der Waals surface area contributed by atoms with E-state index in [9.17, 15) is 8.42 Å². The van der Waals surface area contributed by atoms with Gasteiger partial charge in [-0.1, -0.05) is 29.8 Å². The van der Waals surface area contributed by atoms with Gasteiger partial charge in [-0.15, -0.1) is 11.3 Å². The van der Waals surface area contributed by atoms with Crippen LogP contribution in [-0.4, -0.2) is 8.42 Å². The lowest BCUT2D eigenvalue weighted by atomic mass is 10.2. The summed E-state index contributed by atoms with van der Waals surface area (Å²) in [5.41, 5.74) is 0.831. The summed E-state index contributed by atoms with van der Waals surface area (Å²) in [6, 6.07) is 10.4. The highest BCUT2D eigenvalue weighted by atomic mass is 35.5. The quantitative estimate of drug-likeness (QED) is 0.940. The zero-order valence-electron chi connectivity index (χ0n) is 8.76. The molecule has 0 atom stereocenters. The minimum atomic E-state index is -3.40. The summed E-state index contributed by atoms with van der Waals surface area (Å²) in [6.07, 6.45) is 0. The van der Waals surface area contributed by atoms with Crippen molar-refractivity contribution in [1.29, 1.82) is 0 Å². The van der Waals surface area contributed by atoms with Crippen molar-refractivity contribution in [2.45, 2.75) is 10.8 Å². The third kappa shape index (κ3) is 3.29. The number of hydrogen-bond donors (Lipinski definition) is 1. The van der Waals surface area contributed by atoms with Crippen LogP contribution >= 0.6 is 22.9 Å². The summed E-state index contributed by atoms with van der Waals surface area (Å²) in [5, 5.41) is 2.33. The average molecular weight is 288 g/mol. The second-order valence-electron chi connectivity index (χ2n) is 3.39. The molecule has 17 heavy (non-hydrogen) atoms. The van der Waals surface area contributed by atoms with Gasteiger partial charge in [0.15, 0.2) is 0 Å². The van der Waals surface area contributed by atoms with E-state index in [1.165, 1.54) is 11.3 Å². The maximum absolute atomic E-state index is 11.8. The third-order valence-corrected chi connectivity index (χ3v) is 5.15. The van der Waals surface area contributed by atoms with E-state index >= 15 is 0 Å². The smallest absolute Gasteiger partial charge is 0.206 e. The van der Waals surface area contributed by atoms with Crippen LogP contribution in [-0.2, 0) is 16.6 Å². The molecule has 2 rings (SSSR count). The Kier molecular flexibility index (Phi) is 3.83. The van der Waals surface area contributed by atoms with E-state index in [-0.39, 0.29) is 6.54 Å². The van der Waals surface area contributed by atoms with Gasteiger partial charge in [0.1, 0.15) is 4.21 Å². The largest absolute Gasteiger partial charge is 0.250 e. The zero-order valence-corrected chi connectivity index (χ0v) is 11.1. The molecule has 0 bridgehead atoms. The topological polar surface area (TPSA) is 46.2 Å². The Balaban J connectivity index is 2.08. The highest BCUT2D eigenvalue weighted by Crippen LogP contribution is 2.16. The monoisotopic (exact) mass is 287 g/mol. The number of rotatable bonds is 4. The second-order valence-corrected chi connectivity index (χ2v) is 6.76. The van der Waals surface area contributed by atoms with Gasteiger partial charge in [-0.25, -0.2) is 13.1 Å². The minimum Gasteiger partial charge on any atom is -0.206 e. The Hall–Kier alpha value is -0.880. The van der Waals surface area contributed by atoms with Crippen molar-refractivity contribution in [2.75, 3.05) is 0 Å². The Labute approximate surface area is 109 Å². The van der Waals surface area contributed by atoms with Crippen LogP contribution in [0.4, 0.5) is 0 Å². The molecule has 1 heterocycles. The van der Waals surface area contributed by atoms with Crippen molar-refractivity contribution in [1.82, 2.24) is 4.72 Å². The number of benzene rings is 1. The Morgan fingerprint density at radius 3 is 2.71 bits per heavy atom. The minimum absolute atomic E-state index is 0.237. The van der Waals surface area contributed by atoms with E-state index in [2.05, 4.69) is 4.72 Å². The summed E-state index contributed by atoms with van der Waals surface area (Å²) in [7, 11) is -3.40. The normalized spacial score (nSPS) is 11.6. The molecule has 0 aliphatic heterocycles. The van der Waals surface area contributed by atoms with Crippen LogP contribution in [0.15, 0.2) is 46.0 Å². The highest BCUT2D eigenvalue weighted by molar-refractivity contribution is 7.91. The van der Waals surface area contributed by atoms with Crippen LogP contribution in [0.1, 0.15) is 5.56 Å². The Morgan fingerprint density at radius 1 is 1.24 bits per heavy atom. The third-order valence-electron chi connectivity index (χ3n) is 2.12. The summed E-state index contributed by atoms with van der Waals surface area (Å²) in [4.78, 5) is 0. The molecule has 0 aliphatic carbocycles. The summed E-state index contributed by atoms with van der Waals surface area (Å²) in [5.74, 6) is 0. The average Bonchev–Trinajstić information content (AvgIpc) is 2.81. The first-order valence-electron chi connectivity index (χ1n) is 4.85. The lowest BCUT2D eigenvalue weighted by Gasteiger charge is -2.05. The van der Waals surface area contributed by atoms with Crippen molar-refractivity contribution >= 4 is 33.0 Å². The first kappa shape index (κ1) is 12.6. The SMILES string of the molecule is O=S(=O)(NCc1cccc(Cl)c1)c1cccs1. The molecule has 0 spiro atoms. The van der Waals surface area contributed by atoms with Crippen molar-refractivity contribution < 1.29 is 8.42 Å². The number of halogens is 1. The van der Waals surface area contributed by atoms with Gasteiger partial charge in [0.05, 0.1) is 0 Å². The summed E-state index contributed by atoms with van der Waals surface area (Å²) >= 11 is 7.01. The fraction of sp³-hybridized carbons (Fsp3) is 0.0909. The van der Waals surface area contributed by atoms with Gasteiger partial charge < -0.3 is 0 Å². The Morgan fingerprint density at radius 2 is 2.06 bits per heavy atom. The van der Waals surface area contributed by atoms with E-state index in [1.807, 2.05) is 6.07 Å². The van der Waals surface area contributed by atoms with Crippen LogP contribution in [0.2, 0.25) is 5.02 Å². The molecule has 0 aliphatic rings. The van der Waals surface area contributed by atoms with Crippen LogP contribution < -0.4 is 4.72 Å². The summed E-state index contributed by atoms with van der Waals surface area (Å²) < 4.78 is 26.5. The molecule has 0 amide bonds. The molecular formula is C11H10ClNO2S2. The van der Waals surface area contributed by atoms with Gasteiger partial charge in [0, 0.05) is 11.6 Å². The zero-order chi connectivity index (χ0) is 12.3. The number of thiophene rings is 1. The van der Waals surface area contributed by atoms with E-state index in [4.69, 9.17) is 11.6 Å². The standard InChI is InChI=1S/C11H10ClNO2S2/c12-10-4-1-3-9(7-10)8-13-17(14,15)11-5-2-6-16-11/h1-7,13H,8H2. The molecule has 0 unspecified atom stereocenters. The molecule has 6 heteroatoms. The van der Waals surface area contributed by atoms with Gasteiger partial charge in [-0.05, 0) is 29.1 Å². The number of sulfonamides is 1. The number of nitrogens with one attached hydrogen (secondary N) is 1. The lowest BCUT2D eigenvalue weighted by Crippen LogP contribution is -2.22. The molecule has 0 fully saturated rings. The number of hydrogen-bond acceptors (Lipinski definition) is 3. The van der Waals surface area contributed by atoms with Gasteiger partial charge in [-0.2, -0.15) is 0 Å². The van der Waals surface area contributed by atoms with Crippen molar-refractivity contribution in [3.8, 4) is 0 Å². The van der Waals surface area contributed by atoms with Crippen LogP contribution in [0.25, 0.3) is 0 Å². The molecule has 0 radical (unpaired) electrons. The molecule has 1 aromatic heterocycles. The first-order valence-corrected chi connectivity index (χ1v) is 7.59. The highest BCUT2D eigenvalue weighted by Gasteiger charge is 2.14. The fourth-order valence-electron chi connectivity index (χ4n) is 1.31. The Bertz CT molecular complexity index is 594. The molecular weight excluding hydrogens is 278 g/mol. The fourth-order valence-corrected chi connectivity index (χ4v) is 3.58. The lowest BCUT2D eigenvalue weighted by molar-refractivity contribution is 0.583. The van der Waals surface area contributed by atoms with E-state index in [1.54, 1.807) is 35.7 Å².